The number of amides is 2. The first-order chi connectivity index (χ1) is 13.5. The summed E-state index contributed by atoms with van der Waals surface area (Å²) in [7, 11) is 0. The first-order valence-electron chi connectivity index (χ1n) is 10.2. The summed E-state index contributed by atoms with van der Waals surface area (Å²) in [6.45, 7) is 7.53. The number of carbonyl (C=O) groups excluding carboxylic acids is 2. The van der Waals surface area contributed by atoms with Gasteiger partial charge in [0.25, 0.3) is 0 Å². The molecule has 0 radical (unpaired) electrons. The molecular formula is C23H30N2O2S. The number of carbonyl (C=O) groups is 2. The Labute approximate surface area is 172 Å². The Morgan fingerprint density at radius 3 is 2.50 bits per heavy atom. The molecule has 5 heteroatoms. The molecule has 0 spiro atoms. The maximum atomic E-state index is 13.1. The molecule has 2 unspecified atom stereocenters. The zero-order chi connectivity index (χ0) is 20.1. The predicted molar refractivity (Wildman–Crippen MR) is 114 cm³/mol. The summed E-state index contributed by atoms with van der Waals surface area (Å²) in [5, 5.41) is 5.31. The molecule has 1 N–H and O–H groups in total. The number of hydrogen-bond acceptors (Lipinski definition) is 3. The molecule has 28 heavy (non-hydrogen) atoms. The maximum Gasteiger partial charge on any atom is 0.225 e. The maximum absolute atomic E-state index is 13.1. The first-order valence-corrected chi connectivity index (χ1v) is 11.1. The molecule has 0 bridgehead atoms. The lowest BCUT2D eigenvalue weighted by atomic mass is 9.95. The molecular weight excluding hydrogens is 368 g/mol. The smallest absolute Gasteiger partial charge is 0.225 e. The molecule has 1 saturated heterocycles. The molecule has 3 rings (SSSR count). The lowest BCUT2D eigenvalue weighted by molar-refractivity contribution is -0.135. The summed E-state index contributed by atoms with van der Waals surface area (Å²) in [5.41, 5.74) is 2.39. The minimum Gasteiger partial charge on any atom is -0.344 e. The van der Waals surface area contributed by atoms with Crippen molar-refractivity contribution in [1.82, 2.24) is 10.2 Å². The van der Waals surface area contributed by atoms with Crippen molar-refractivity contribution in [3.63, 3.8) is 0 Å². The van der Waals surface area contributed by atoms with Gasteiger partial charge in [-0.2, -0.15) is 0 Å². The normalized spacial score (nSPS) is 18.1. The van der Waals surface area contributed by atoms with Crippen LogP contribution in [0.5, 0.6) is 0 Å². The molecule has 0 aliphatic carbocycles. The number of rotatable bonds is 6. The second-order valence-electron chi connectivity index (χ2n) is 7.81. The van der Waals surface area contributed by atoms with Gasteiger partial charge in [-0.05, 0) is 41.3 Å². The fourth-order valence-electron chi connectivity index (χ4n) is 3.75. The number of thiophene rings is 1. The summed E-state index contributed by atoms with van der Waals surface area (Å²) in [6.07, 6.45) is 2.22. The van der Waals surface area contributed by atoms with E-state index in [4.69, 9.17) is 0 Å². The van der Waals surface area contributed by atoms with Crippen LogP contribution in [0.3, 0.4) is 0 Å². The van der Waals surface area contributed by atoms with Gasteiger partial charge in [0.15, 0.2) is 0 Å². The van der Waals surface area contributed by atoms with Crippen LogP contribution in [0.2, 0.25) is 0 Å². The lowest BCUT2D eigenvalue weighted by Gasteiger charge is -2.33. The van der Waals surface area contributed by atoms with Crippen LogP contribution >= 0.6 is 11.3 Å². The molecule has 4 nitrogen and oxygen atoms in total. The Balaban J connectivity index is 1.76. The topological polar surface area (TPSA) is 49.4 Å². The Morgan fingerprint density at radius 1 is 1.18 bits per heavy atom. The van der Waals surface area contributed by atoms with Crippen molar-refractivity contribution in [2.45, 2.75) is 52.0 Å². The highest BCUT2D eigenvalue weighted by molar-refractivity contribution is 7.10. The highest BCUT2D eigenvalue weighted by atomic mass is 32.1. The zero-order valence-corrected chi connectivity index (χ0v) is 17.8. The van der Waals surface area contributed by atoms with Crippen molar-refractivity contribution in [2.24, 2.45) is 5.92 Å². The van der Waals surface area contributed by atoms with E-state index in [2.05, 4.69) is 49.5 Å². The molecule has 150 valence electrons. The Bertz CT molecular complexity index is 783. The Kier molecular flexibility index (Phi) is 6.89. The van der Waals surface area contributed by atoms with E-state index in [0.717, 1.165) is 29.8 Å². The summed E-state index contributed by atoms with van der Waals surface area (Å²) in [5.74, 6) is 0.520. The van der Waals surface area contributed by atoms with Crippen LogP contribution in [0.1, 0.15) is 68.0 Å². The van der Waals surface area contributed by atoms with Crippen LogP contribution in [0.4, 0.5) is 0 Å². The van der Waals surface area contributed by atoms with E-state index < -0.39 is 0 Å². The van der Waals surface area contributed by atoms with Crippen LogP contribution in [0.25, 0.3) is 0 Å². The molecule has 2 heterocycles. The minimum atomic E-state index is -0.147. The Morgan fingerprint density at radius 2 is 1.89 bits per heavy atom. The van der Waals surface area contributed by atoms with Gasteiger partial charge in [-0.15, -0.1) is 11.3 Å². The molecule has 1 aromatic carbocycles. The van der Waals surface area contributed by atoms with Crippen LogP contribution in [-0.4, -0.2) is 29.8 Å². The quantitative estimate of drug-likeness (QED) is 0.765. The SMILES string of the molecule is CCC(=O)N1CCCC(C(=O)NC(c2ccc(C(C)C)cc2)c2cccs2)C1. The Hall–Kier alpha value is -2.14. The van der Waals surface area contributed by atoms with Crippen molar-refractivity contribution >= 4 is 23.2 Å². The number of hydrogen-bond donors (Lipinski definition) is 1. The zero-order valence-electron chi connectivity index (χ0n) is 17.0. The van der Waals surface area contributed by atoms with E-state index in [1.165, 1.54) is 5.56 Å². The number of nitrogens with zero attached hydrogens (tertiary/aromatic N) is 1. The molecule has 1 aromatic heterocycles. The van der Waals surface area contributed by atoms with Crippen LogP contribution < -0.4 is 5.32 Å². The van der Waals surface area contributed by atoms with E-state index in [1.54, 1.807) is 11.3 Å². The van der Waals surface area contributed by atoms with Gasteiger partial charge in [-0.1, -0.05) is 51.1 Å². The monoisotopic (exact) mass is 398 g/mol. The van der Waals surface area contributed by atoms with Crippen LogP contribution in [0, 0.1) is 5.92 Å². The van der Waals surface area contributed by atoms with Gasteiger partial charge in [-0.25, -0.2) is 0 Å². The highest BCUT2D eigenvalue weighted by Gasteiger charge is 2.29. The van der Waals surface area contributed by atoms with Crippen LogP contribution in [0.15, 0.2) is 41.8 Å². The average molecular weight is 399 g/mol. The number of likely N-dealkylation sites (tertiary alicyclic amines) is 1. The molecule has 2 amide bonds. The number of piperidine rings is 1. The van der Waals surface area contributed by atoms with Crippen molar-refractivity contribution in [1.29, 1.82) is 0 Å². The molecule has 1 aliphatic heterocycles. The van der Waals surface area contributed by atoms with Crippen molar-refractivity contribution < 1.29 is 9.59 Å². The van der Waals surface area contributed by atoms with Gasteiger partial charge in [-0.3, -0.25) is 9.59 Å². The molecule has 2 aromatic rings. The van der Waals surface area contributed by atoms with Crippen molar-refractivity contribution in [3.05, 3.63) is 57.8 Å². The summed E-state index contributed by atoms with van der Waals surface area (Å²) < 4.78 is 0. The van der Waals surface area contributed by atoms with Gasteiger partial charge in [0.1, 0.15) is 0 Å². The number of nitrogens with one attached hydrogen (secondary N) is 1. The van der Waals surface area contributed by atoms with Gasteiger partial charge in [0.05, 0.1) is 12.0 Å². The molecule has 1 aliphatic rings. The standard InChI is InChI=1S/C23H30N2O2S/c1-4-21(26)25-13-5-7-19(15-25)23(27)24-22(20-8-6-14-28-20)18-11-9-17(10-12-18)16(2)3/h6,8-12,14,16,19,22H,4-5,7,13,15H2,1-3H3,(H,24,27). The molecule has 1 fully saturated rings. The highest BCUT2D eigenvalue weighted by Crippen LogP contribution is 2.28. The summed E-state index contributed by atoms with van der Waals surface area (Å²) in [6, 6.07) is 12.5. The summed E-state index contributed by atoms with van der Waals surface area (Å²) in [4.78, 5) is 28.1. The molecule has 0 saturated carbocycles. The van der Waals surface area contributed by atoms with E-state index in [9.17, 15) is 9.59 Å². The third-order valence-electron chi connectivity index (χ3n) is 5.50. The largest absolute Gasteiger partial charge is 0.344 e. The van der Waals surface area contributed by atoms with Crippen LogP contribution in [-0.2, 0) is 9.59 Å². The van der Waals surface area contributed by atoms with E-state index in [0.29, 0.717) is 18.9 Å². The van der Waals surface area contributed by atoms with Gasteiger partial charge < -0.3 is 10.2 Å². The van der Waals surface area contributed by atoms with Crippen molar-refractivity contribution in [2.75, 3.05) is 13.1 Å². The van der Waals surface area contributed by atoms with E-state index in [-0.39, 0.29) is 23.8 Å². The lowest BCUT2D eigenvalue weighted by Crippen LogP contribution is -2.46. The molecule has 2 atom stereocenters. The second kappa shape index (κ2) is 9.37. The van der Waals surface area contributed by atoms with Crippen molar-refractivity contribution in [3.8, 4) is 0 Å². The average Bonchev–Trinajstić information content (AvgIpc) is 3.26. The van der Waals surface area contributed by atoms with Gasteiger partial charge >= 0.3 is 0 Å². The number of benzene rings is 1. The predicted octanol–water partition coefficient (Wildman–Crippen LogP) is 4.73. The fourth-order valence-corrected chi connectivity index (χ4v) is 4.55. The fraction of sp³-hybridized carbons (Fsp3) is 0.478. The first kappa shape index (κ1) is 20.6. The van der Waals surface area contributed by atoms with Gasteiger partial charge in [0, 0.05) is 24.4 Å². The third kappa shape index (κ3) is 4.82. The third-order valence-corrected chi connectivity index (χ3v) is 6.44. The minimum absolute atomic E-state index is 0.0416. The van der Waals surface area contributed by atoms with E-state index >= 15 is 0 Å². The van der Waals surface area contributed by atoms with Gasteiger partial charge in [0.2, 0.25) is 11.8 Å². The summed E-state index contributed by atoms with van der Waals surface area (Å²) >= 11 is 1.65. The second-order valence-corrected chi connectivity index (χ2v) is 8.79. The van der Waals surface area contributed by atoms with E-state index in [1.807, 2.05) is 23.3 Å².